The van der Waals surface area contributed by atoms with Gasteiger partial charge in [0, 0.05) is 32.9 Å². The van der Waals surface area contributed by atoms with Gasteiger partial charge in [0.2, 0.25) is 10.0 Å². The molecule has 0 amide bonds. The highest BCUT2D eigenvalue weighted by atomic mass is 32.2. The summed E-state index contributed by atoms with van der Waals surface area (Å²) in [6, 6.07) is 6.82. The SMILES string of the molecule is CNc1ccc(S(=O)(=O)N2CCC(C)C(OC)C2)cc1. The molecule has 0 aliphatic carbocycles. The van der Waals surface area contributed by atoms with Crippen LogP contribution in [0.5, 0.6) is 0 Å². The summed E-state index contributed by atoms with van der Waals surface area (Å²) in [5.41, 5.74) is 0.894. The van der Waals surface area contributed by atoms with Crippen LogP contribution in [-0.2, 0) is 14.8 Å². The normalized spacial score (nSPS) is 24.6. The summed E-state index contributed by atoms with van der Waals surface area (Å²) in [5, 5.41) is 2.98. The third-order valence-electron chi connectivity index (χ3n) is 3.94. The van der Waals surface area contributed by atoms with Gasteiger partial charge in [0.15, 0.2) is 0 Å². The average Bonchev–Trinajstić information content (AvgIpc) is 2.47. The van der Waals surface area contributed by atoms with Crippen LogP contribution in [0.1, 0.15) is 13.3 Å². The van der Waals surface area contributed by atoms with E-state index >= 15 is 0 Å². The number of nitrogens with one attached hydrogen (secondary N) is 1. The van der Waals surface area contributed by atoms with Gasteiger partial charge < -0.3 is 10.1 Å². The van der Waals surface area contributed by atoms with Crippen molar-refractivity contribution in [2.24, 2.45) is 5.92 Å². The zero-order chi connectivity index (χ0) is 14.8. The number of rotatable bonds is 4. The van der Waals surface area contributed by atoms with Crippen LogP contribution < -0.4 is 5.32 Å². The molecule has 1 aromatic rings. The first-order chi connectivity index (χ1) is 9.48. The van der Waals surface area contributed by atoms with Crippen LogP contribution in [0.15, 0.2) is 29.2 Å². The molecule has 1 fully saturated rings. The minimum Gasteiger partial charge on any atom is -0.388 e. The molecular weight excluding hydrogens is 276 g/mol. The van der Waals surface area contributed by atoms with Crippen molar-refractivity contribution in [2.75, 3.05) is 32.6 Å². The number of benzene rings is 1. The van der Waals surface area contributed by atoms with Crippen molar-refractivity contribution >= 4 is 15.7 Å². The van der Waals surface area contributed by atoms with Crippen molar-refractivity contribution in [3.63, 3.8) is 0 Å². The number of methoxy groups -OCH3 is 1. The number of ether oxygens (including phenoxy) is 1. The zero-order valence-electron chi connectivity index (χ0n) is 12.2. The molecule has 0 bridgehead atoms. The predicted molar refractivity (Wildman–Crippen MR) is 79.3 cm³/mol. The van der Waals surface area contributed by atoms with Gasteiger partial charge >= 0.3 is 0 Å². The lowest BCUT2D eigenvalue weighted by Crippen LogP contribution is -2.46. The van der Waals surface area contributed by atoms with E-state index < -0.39 is 10.0 Å². The van der Waals surface area contributed by atoms with Crippen LogP contribution in [-0.4, -0.2) is 46.1 Å². The molecule has 6 heteroatoms. The Morgan fingerprint density at radius 1 is 1.30 bits per heavy atom. The Balaban J connectivity index is 2.21. The Kier molecular flexibility index (Phi) is 4.67. The van der Waals surface area contributed by atoms with Gasteiger partial charge in [-0.1, -0.05) is 6.92 Å². The largest absolute Gasteiger partial charge is 0.388 e. The van der Waals surface area contributed by atoms with Crippen LogP contribution in [0.4, 0.5) is 5.69 Å². The number of anilines is 1. The van der Waals surface area contributed by atoms with E-state index in [1.165, 1.54) is 4.31 Å². The van der Waals surface area contributed by atoms with E-state index in [0.29, 0.717) is 23.9 Å². The molecule has 112 valence electrons. The molecule has 2 unspecified atom stereocenters. The van der Waals surface area contributed by atoms with Crippen molar-refractivity contribution < 1.29 is 13.2 Å². The Morgan fingerprint density at radius 2 is 1.95 bits per heavy atom. The van der Waals surface area contributed by atoms with Crippen molar-refractivity contribution in [1.29, 1.82) is 0 Å². The Hall–Kier alpha value is -1.11. The van der Waals surface area contributed by atoms with Gasteiger partial charge in [0.1, 0.15) is 0 Å². The molecule has 0 aromatic heterocycles. The first kappa shape index (κ1) is 15.3. The van der Waals surface area contributed by atoms with E-state index in [9.17, 15) is 8.42 Å². The molecule has 2 rings (SSSR count). The van der Waals surface area contributed by atoms with Crippen LogP contribution in [0, 0.1) is 5.92 Å². The van der Waals surface area contributed by atoms with Crippen LogP contribution >= 0.6 is 0 Å². The second-order valence-corrected chi connectivity index (χ2v) is 7.12. The lowest BCUT2D eigenvalue weighted by atomic mass is 9.97. The van der Waals surface area contributed by atoms with Crippen LogP contribution in [0.25, 0.3) is 0 Å². The molecule has 0 saturated carbocycles. The number of nitrogens with zero attached hydrogens (tertiary/aromatic N) is 1. The van der Waals surface area contributed by atoms with Crippen molar-refractivity contribution in [3.8, 4) is 0 Å². The van der Waals surface area contributed by atoms with Gasteiger partial charge in [-0.15, -0.1) is 0 Å². The summed E-state index contributed by atoms with van der Waals surface area (Å²) in [6.45, 7) is 3.07. The maximum absolute atomic E-state index is 12.6. The topological polar surface area (TPSA) is 58.6 Å². The lowest BCUT2D eigenvalue weighted by Gasteiger charge is -2.35. The monoisotopic (exact) mass is 298 g/mol. The Morgan fingerprint density at radius 3 is 2.50 bits per heavy atom. The second kappa shape index (κ2) is 6.11. The smallest absolute Gasteiger partial charge is 0.243 e. The molecular formula is C14H22N2O3S. The fraction of sp³-hybridized carbons (Fsp3) is 0.571. The van der Waals surface area contributed by atoms with E-state index in [1.807, 2.05) is 0 Å². The summed E-state index contributed by atoms with van der Waals surface area (Å²) in [7, 11) is 0.0143. The minimum atomic E-state index is -3.43. The van der Waals surface area contributed by atoms with E-state index in [0.717, 1.165) is 12.1 Å². The fourth-order valence-corrected chi connectivity index (χ4v) is 3.94. The van der Waals surface area contributed by atoms with Crippen molar-refractivity contribution in [1.82, 2.24) is 4.31 Å². The highest BCUT2D eigenvalue weighted by Gasteiger charge is 2.33. The molecule has 20 heavy (non-hydrogen) atoms. The predicted octanol–water partition coefficient (Wildman–Crippen LogP) is 1.77. The Labute approximate surface area is 121 Å². The number of hydrogen-bond acceptors (Lipinski definition) is 4. The molecule has 1 aromatic carbocycles. The number of piperidine rings is 1. The van der Waals surface area contributed by atoms with E-state index in [2.05, 4.69) is 12.2 Å². The van der Waals surface area contributed by atoms with E-state index in [-0.39, 0.29) is 6.10 Å². The molecule has 1 aliphatic rings. The van der Waals surface area contributed by atoms with Gasteiger partial charge in [0.05, 0.1) is 11.0 Å². The van der Waals surface area contributed by atoms with Gasteiger partial charge in [-0.3, -0.25) is 0 Å². The molecule has 1 heterocycles. The summed E-state index contributed by atoms with van der Waals surface area (Å²) in [5.74, 6) is 0.387. The van der Waals surface area contributed by atoms with E-state index in [1.54, 1.807) is 38.4 Å². The Bertz CT molecular complexity index is 542. The zero-order valence-corrected chi connectivity index (χ0v) is 13.0. The maximum Gasteiger partial charge on any atom is 0.243 e. The first-order valence-corrected chi connectivity index (χ1v) is 8.24. The second-order valence-electron chi connectivity index (χ2n) is 5.18. The van der Waals surface area contributed by atoms with Gasteiger partial charge in [-0.05, 0) is 36.6 Å². The minimum absolute atomic E-state index is 0.0323. The third-order valence-corrected chi connectivity index (χ3v) is 5.81. The molecule has 1 N–H and O–H groups in total. The first-order valence-electron chi connectivity index (χ1n) is 6.79. The van der Waals surface area contributed by atoms with Crippen LogP contribution in [0.2, 0.25) is 0 Å². The fourth-order valence-electron chi connectivity index (χ4n) is 2.47. The molecule has 1 aliphatic heterocycles. The van der Waals surface area contributed by atoms with Gasteiger partial charge in [0.25, 0.3) is 0 Å². The average molecular weight is 298 g/mol. The summed E-state index contributed by atoms with van der Waals surface area (Å²) in [6.07, 6.45) is 0.793. The van der Waals surface area contributed by atoms with Crippen molar-refractivity contribution in [2.45, 2.75) is 24.3 Å². The van der Waals surface area contributed by atoms with Gasteiger partial charge in [-0.2, -0.15) is 4.31 Å². The quantitative estimate of drug-likeness (QED) is 0.920. The molecule has 0 spiro atoms. The third kappa shape index (κ3) is 2.97. The number of sulfonamides is 1. The molecule has 2 atom stereocenters. The number of hydrogen-bond donors (Lipinski definition) is 1. The van der Waals surface area contributed by atoms with E-state index in [4.69, 9.17) is 4.74 Å². The highest BCUT2D eigenvalue weighted by molar-refractivity contribution is 7.89. The van der Waals surface area contributed by atoms with Crippen LogP contribution in [0.3, 0.4) is 0 Å². The van der Waals surface area contributed by atoms with Crippen molar-refractivity contribution in [3.05, 3.63) is 24.3 Å². The van der Waals surface area contributed by atoms with Gasteiger partial charge in [-0.25, -0.2) is 8.42 Å². The maximum atomic E-state index is 12.6. The summed E-state index contributed by atoms with van der Waals surface area (Å²) < 4.78 is 32.1. The summed E-state index contributed by atoms with van der Waals surface area (Å²) in [4.78, 5) is 0.334. The molecule has 5 nitrogen and oxygen atoms in total. The summed E-state index contributed by atoms with van der Waals surface area (Å²) >= 11 is 0. The highest BCUT2D eigenvalue weighted by Crippen LogP contribution is 2.25. The standard InChI is InChI=1S/C14H22N2O3S/c1-11-8-9-16(10-14(11)19-3)20(17,18)13-6-4-12(15-2)5-7-13/h4-7,11,14-15H,8-10H2,1-3H3. The molecule has 0 radical (unpaired) electrons. The lowest BCUT2D eigenvalue weighted by molar-refractivity contribution is 0.0184. The molecule has 1 saturated heterocycles.